The summed E-state index contributed by atoms with van der Waals surface area (Å²) in [5, 5.41) is 6.12. The van der Waals surface area contributed by atoms with Crippen molar-refractivity contribution in [3.63, 3.8) is 0 Å². The smallest absolute Gasteiger partial charge is 0.222 e. The topological polar surface area (TPSA) is 66.9 Å². The van der Waals surface area contributed by atoms with Gasteiger partial charge in [-0.15, -0.1) is 0 Å². The standard InChI is InChI=1S/C14H21BrN4O/c1-14(2,3)19-12(20)6-7-16-11-8-10(15)17-13(18-11)9-4-5-9/h8-9H,4-7H2,1-3H3,(H,19,20)(H,16,17,18). The van der Waals surface area contributed by atoms with E-state index in [9.17, 15) is 4.79 Å². The molecule has 20 heavy (non-hydrogen) atoms. The average molecular weight is 341 g/mol. The number of hydrogen-bond acceptors (Lipinski definition) is 4. The van der Waals surface area contributed by atoms with Crippen LogP contribution < -0.4 is 10.6 Å². The number of hydrogen-bond donors (Lipinski definition) is 2. The molecular formula is C14H21BrN4O. The van der Waals surface area contributed by atoms with E-state index in [2.05, 4.69) is 36.5 Å². The lowest BCUT2D eigenvalue weighted by molar-refractivity contribution is -0.122. The van der Waals surface area contributed by atoms with Crippen LogP contribution in [-0.2, 0) is 4.79 Å². The van der Waals surface area contributed by atoms with E-state index < -0.39 is 0 Å². The van der Waals surface area contributed by atoms with Gasteiger partial charge in [0.1, 0.15) is 16.2 Å². The molecule has 0 aliphatic heterocycles. The first-order valence-electron chi connectivity index (χ1n) is 6.93. The number of carbonyl (C=O) groups is 1. The summed E-state index contributed by atoms with van der Waals surface area (Å²) in [6, 6.07) is 1.84. The highest BCUT2D eigenvalue weighted by Crippen LogP contribution is 2.38. The van der Waals surface area contributed by atoms with E-state index in [0.717, 1.165) is 16.2 Å². The van der Waals surface area contributed by atoms with Crippen molar-refractivity contribution in [3.05, 3.63) is 16.5 Å². The van der Waals surface area contributed by atoms with Gasteiger partial charge in [-0.2, -0.15) is 0 Å². The largest absolute Gasteiger partial charge is 0.369 e. The number of nitrogens with zero attached hydrogens (tertiary/aromatic N) is 2. The lowest BCUT2D eigenvalue weighted by Crippen LogP contribution is -2.41. The van der Waals surface area contributed by atoms with Crippen LogP contribution in [0.3, 0.4) is 0 Å². The summed E-state index contributed by atoms with van der Waals surface area (Å²) in [6.45, 7) is 6.49. The zero-order valence-corrected chi connectivity index (χ0v) is 13.7. The van der Waals surface area contributed by atoms with E-state index in [4.69, 9.17) is 0 Å². The quantitative estimate of drug-likeness (QED) is 0.809. The van der Waals surface area contributed by atoms with E-state index >= 15 is 0 Å². The molecule has 0 spiro atoms. The van der Waals surface area contributed by atoms with Gasteiger partial charge in [-0.05, 0) is 49.5 Å². The number of halogens is 1. The fraction of sp³-hybridized carbons (Fsp3) is 0.643. The minimum absolute atomic E-state index is 0.0422. The molecule has 1 heterocycles. The highest BCUT2D eigenvalue weighted by molar-refractivity contribution is 9.10. The Kier molecular flexibility index (Phi) is 4.62. The molecule has 0 atom stereocenters. The first kappa shape index (κ1) is 15.2. The van der Waals surface area contributed by atoms with Crippen LogP contribution in [-0.4, -0.2) is 28.0 Å². The Bertz CT molecular complexity index is 494. The number of nitrogens with one attached hydrogen (secondary N) is 2. The SMILES string of the molecule is CC(C)(C)NC(=O)CCNc1cc(Br)nc(C2CC2)n1. The summed E-state index contributed by atoms with van der Waals surface area (Å²) in [5.74, 6) is 2.22. The van der Waals surface area contributed by atoms with Crippen molar-refractivity contribution < 1.29 is 4.79 Å². The molecule has 0 unspecified atom stereocenters. The zero-order valence-electron chi connectivity index (χ0n) is 12.2. The first-order valence-corrected chi connectivity index (χ1v) is 7.72. The summed E-state index contributed by atoms with van der Waals surface area (Å²) in [5.41, 5.74) is -0.186. The van der Waals surface area contributed by atoms with E-state index in [-0.39, 0.29) is 11.4 Å². The lowest BCUT2D eigenvalue weighted by Gasteiger charge is -2.20. The third-order valence-electron chi connectivity index (χ3n) is 2.83. The van der Waals surface area contributed by atoms with Crippen LogP contribution in [0.2, 0.25) is 0 Å². The Morgan fingerprint density at radius 2 is 2.10 bits per heavy atom. The fourth-order valence-electron chi connectivity index (χ4n) is 1.83. The van der Waals surface area contributed by atoms with Crippen molar-refractivity contribution in [2.24, 2.45) is 0 Å². The second kappa shape index (κ2) is 6.08. The molecule has 1 saturated carbocycles. The van der Waals surface area contributed by atoms with Crippen molar-refractivity contribution in [2.75, 3.05) is 11.9 Å². The number of rotatable bonds is 5. The molecule has 0 radical (unpaired) electrons. The number of anilines is 1. The first-order chi connectivity index (χ1) is 9.33. The van der Waals surface area contributed by atoms with Crippen LogP contribution >= 0.6 is 15.9 Å². The summed E-state index contributed by atoms with van der Waals surface area (Å²) in [7, 11) is 0. The maximum Gasteiger partial charge on any atom is 0.222 e. The van der Waals surface area contributed by atoms with E-state index in [1.54, 1.807) is 0 Å². The molecule has 0 bridgehead atoms. The predicted molar refractivity (Wildman–Crippen MR) is 82.7 cm³/mol. The zero-order chi connectivity index (χ0) is 14.8. The Balaban J connectivity index is 1.83. The normalized spacial score (nSPS) is 15.0. The minimum atomic E-state index is -0.186. The van der Waals surface area contributed by atoms with Crippen molar-refractivity contribution >= 4 is 27.7 Å². The molecule has 1 aromatic rings. The molecule has 1 amide bonds. The molecular weight excluding hydrogens is 320 g/mol. The molecule has 1 aliphatic rings. The molecule has 1 aliphatic carbocycles. The highest BCUT2D eigenvalue weighted by atomic mass is 79.9. The maximum absolute atomic E-state index is 11.7. The third-order valence-corrected chi connectivity index (χ3v) is 3.23. The molecule has 0 aromatic carbocycles. The van der Waals surface area contributed by atoms with Crippen molar-refractivity contribution in [1.29, 1.82) is 0 Å². The van der Waals surface area contributed by atoms with Crippen LogP contribution in [0.4, 0.5) is 5.82 Å². The number of aromatic nitrogens is 2. The second-order valence-corrected chi connectivity index (χ2v) is 7.00. The fourth-order valence-corrected chi connectivity index (χ4v) is 2.23. The molecule has 2 rings (SSSR count). The molecule has 110 valence electrons. The van der Waals surface area contributed by atoms with Gasteiger partial charge in [-0.3, -0.25) is 4.79 Å². The Morgan fingerprint density at radius 3 is 2.70 bits per heavy atom. The van der Waals surface area contributed by atoms with Gasteiger partial charge in [0.2, 0.25) is 5.91 Å². The molecule has 5 nitrogen and oxygen atoms in total. The van der Waals surface area contributed by atoms with Gasteiger partial charge in [0.15, 0.2) is 0 Å². The Labute approximate surface area is 128 Å². The third kappa shape index (κ3) is 5.07. The monoisotopic (exact) mass is 340 g/mol. The van der Waals surface area contributed by atoms with Crippen LogP contribution in [0.25, 0.3) is 0 Å². The molecule has 0 saturated heterocycles. The molecule has 6 heteroatoms. The van der Waals surface area contributed by atoms with Gasteiger partial charge in [0.05, 0.1) is 0 Å². The van der Waals surface area contributed by atoms with Gasteiger partial charge in [0.25, 0.3) is 0 Å². The average Bonchev–Trinajstić information content (AvgIpc) is 3.09. The maximum atomic E-state index is 11.7. The summed E-state index contributed by atoms with van der Waals surface area (Å²) < 4.78 is 0.788. The van der Waals surface area contributed by atoms with Gasteiger partial charge in [0, 0.05) is 30.5 Å². The minimum Gasteiger partial charge on any atom is -0.369 e. The van der Waals surface area contributed by atoms with Gasteiger partial charge in [-0.1, -0.05) is 0 Å². The second-order valence-electron chi connectivity index (χ2n) is 6.18. The van der Waals surface area contributed by atoms with Crippen molar-refractivity contribution in [3.8, 4) is 0 Å². The molecule has 1 fully saturated rings. The number of carbonyl (C=O) groups excluding carboxylic acids is 1. The van der Waals surface area contributed by atoms with E-state index in [1.807, 2.05) is 26.8 Å². The van der Waals surface area contributed by atoms with Crippen LogP contribution in [0.5, 0.6) is 0 Å². The van der Waals surface area contributed by atoms with Gasteiger partial charge in [-0.25, -0.2) is 9.97 Å². The van der Waals surface area contributed by atoms with Crippen LogP contribution in [0.1, 0.15) is 51.8 Å². The Morgan fingerprint density at radius 1 is 1.40 bits per heavy atom. The van der Waals surface area contributed by atoms with Gasteiger partial charge < -0.3 is 10.6 Å². The lowest BCUT2D eigenvalue weighted by atomic mass is 10.1. The summed E-state index contributed by atoms with van der Waals surface area (Å²) in [4.78, 5) is 20.6. The van der Waals surface area contributed by atoms with E-state index in [1.165, 1.54) is 12.8 Å². The number of amides is 1. The molecule has 1 aromatic heterocycles. The Hall–Kier alpha value is -1.17. The summed E-state index contributed by atoms with van der Waals surface area (Å²) in [6.07, 6.45) is 2.77. The van der Waals surface area contributed by atoms with Crippen molar-refractivity contribution in [1.82, 2.24) is 15.3 Å². The summed E-state index contributed by atoms with van der Waals surface area (Å²) >= 11 is 3.40. The highest BCUT2D eigenvalue weighted by Gasteiger charge is 2.27. The van der Waals surface area contributed by atoms with Crippen molar-refractivity contribution in [2.45, 2.75) is 51.5 Å². The van der Waals surface area contributed by atoms with E-state index in [0.29, 0.717) is 18.9 Å². The van der Waals surface area contributed by atoms with Gasteiger partial charge >= 0.3 is 0 Å². The van der Waals surface area contributed by atoms with Crippen LogP contribution in [0, 0.1) is 0 Å². The van der Waals surface area contributed by atoms with Crippen LogP contribution in [0.15, 0.2) is 10.7 Å². The molecule has 2 N–H and O–H groups in total. The predicted octanol–water partition coefficient (Wildman–Crippen LogP) is 2.83.